The lowest BCUT2D eigenvalue weighted by Gasteiger charge is -2.23. The van der Waals surface area contributed by atoms with Gasteiger partial charge < -0.3 is 10.3 Å². The first-order valence-corrected chi connectivity index (χ1v) is 11.7. The van der Waals surface area contributed by atoms with Crippen LogP contribution in [0.4, 0.5) is 11.5 Å². The number of hydrogen-bond acceptors (Lipinski definition) is 6. The Labute approximate surface area is 197 Å². The summed E-state index contributed by atoms with van der Waals surface area (Å²) in [6.45, 7) is 6.38. The van der Waals surface area contributed by atoms with Crippen molar-refractivity contribution >= 4 is 22.4 Å². The van der Waals surface area contributed by atoms with Crippen LogP contribution in [0.15, 0.2) is 47.7 Å². The number of fused-ring (bicyclic) bond motifs is 1. The molecule has 5 rings (SSSR count). The molecule has 1 aliphatic carbocycles. The summed E-state index contributed by atoms with van der Waals surface area (Å²) in [4.78, 5) is 17.3. The van der Waals surface area contributed by atoms with Crippen LogP contribution >= 0.6 is 0 Å². The Morgan fingerprint density at radius 3 is 2.65 bits per heavy atom. The number of rotatable bonds is 8. The first-order chi connectivity index (χ1) is 16.5. The summed E-state index contributed by atoms with van der Waals surface area (Å²) in [5, 5.41) is 26.7. The zero-order valence-electron chi connectivity index (χ0n) is 19.6. The van der Waals surface area contributed by atoms with Crippen LogP contribution < -0.4 is 10.9 Å². The van der Waals surface area contributed by atoms with Gasteiger partial charge in [-0.15, -0.1) is 0 Å². The van der Waals surface area contributed by atoms with Crippen molar-refractivity contribution in [1.29, 1.82) is 5.26 Å². The highest BCUT2D eigenvalue weighted by Crippen LogP contribution is 2.43. The number of nitrogens with one attached hydrogen (secondary N) is 2. The van der Waals surface area contributed by atoms with Crippen molar-refractivity contribution < 1.29 is 0 Å². The summed E-state index contributed by atoms with van der Waals surface area (Å²) in [6.07, 6.45) is 7.57. The van der Waals surface area contributed by atoms with E-state index in [-0.39, 0.29) is 17.6 Å². The second-order valence-electron chi connectivity index (χ2n) is 9.36. The molecule has 0 aliphatic heterocycles. The van der Waals surface area contributed by atoms with Gasteiger partial charge in [0.1, 0.15) is 5.39 Å². The molecule has 0 amide bonds. The maximum Gasteiger partial charge on any atom is 0.261 e. The van der Waals surface area contributed by atoms with E-state index in [1.165, 1.54) is 0 Å². The predicted octanol–water partition coefficient (Wildman–Crippen LogP) is 4.48. The average Bonchev–Trinajstić information content (AvgIpc) is 3.38. The smallest absolute Gasteiger partial charge is 0.261 e. The van der Waals surface area contributed by atoms with Crippen molar-refractivity contribution in [3.8, 4) is 6.07 Å². The van der Waals surface area contributed by atoms with Gasteiger partial charge in [0, 0.05) is 11.9 Å². The quantitative estimate of drug-likeness (QED) is 0.404. The molecule has 2 N–H and O–H groups in total. The van der Waals surface area contributed by atoms with Gasteiger partial charge in [-0.1, -0.05) is 19.9 Å². The standard InChI is InChI=1S/C25H28N8O/c1-15(2)23(33-28-12-13-29-33)19-7-6-18(14-16(19)3)30-24-22-21(9-11-27-25(22)34)32(31-24)20(8-10-26)17-4-5-17/h6-7,9,11-15,17,20,23H,4-5,8H2,1-3H3,(H,27,34)(H,30,31)/t20-,23?/m0/s1. The number of anilines is 2. The van der Waals surface area contributed by atoms with Crippen molar-refractivity contribution in [3.63, 3.8) is 0 Å². The van der Waals surface area contributed by atoms with Gasteiger partial charge in [-0.05, 0) is 60.9 Å². The number of aromatic amines is 1. The van der Waals surface area contributed by atoms with Crippen LogP contribution in [0.3, 0.4) is 0 Å². The maximum absolute atomic E-state index is 12.8. The van der Waals surface area contributed by atoms with Gasteiger partial charge in [0.05, 0.1) is 42.5 Å². The zero-order valence-corrected chi connectivity index (χ0v) is 19.6. The zero-order chi connectivity index (χ0) is 23.8. The van der Waals surface area contributed by atoms with Crippen LogP contribution in [0.2, 0.25) is 0 Å². The van der Waals surface area contributed by atoms with Crippen molar-refractivity contribution in [1.82, 2.24) is 29.8 Å². The minimum atomic E-state index is -0.198. The number of nitrogens with zero attached hydrogens (tertiary/aromatic N) is 6. The first kappa shape index (κ1) is 21.9. The van der Waals surface area contributed by atoms with Gasteiger partial charge >= 0.3 is 0 Å². The SMILES string of the molecule is Cc1cc(Nc2nn([C@@H](CC#N)C3CC3)c3cc[nH]c(=O)c23)ccc1C(C(C)C)n1nccn1. The Morgan fingerprint density at radius 1 is 1.24 bits per heavy atom. The summed E-state index contributed by atoms with van der Waals surface area (Å²) < 4.78 is 1.87. The molecule has 4 aromatic rings. The first-order valence-electron chi connectivity index (χ1n) is 11.7. The fourth-order valence-electron chi connectivity index (χ4n) is 4.81. The molecule has 0 spiro atoms. The third-order valence-corrected chi connectivity index (χ3v) is 6.58. The van der Waals surface area contributed by atoms with Gasteiger partial charge in [0.2, 0.25) is 0 Å². The molecule has 3 aromatic heterocycles. The van der Waals surface area contributed by atoms with Gasteiger partial charge in [0.15, 0.2) is 5.82 Å². The van der Waals surface area contributed by atoms with E-state index >= 15 is 0 Å². The van der Waals surface area contributed by atoms with E-state index in [1.807, 2.05) is 16.8 Å². The highest BCUT2D eigenvalue weighted by molar-refractivity contribution is 5.91. The van der Waals surface area contributed by atoms with Crippen molar-refractivity contribution in [3.05, 3.63) is 64.3 Å². The molecule has 34 heavy (non-hydrogen) atoms. The lowest BCUT2D eigenvalue weighted by molar-refractivity contribution is 0.363. The molecule has 9 heteroatoms. The molecule has 2 atom stereocenters. The molecule has 0 saturated heterocycles. The van der Waals surface area contributed by atoms with E-state index in [4.69, 9.17) is 5.10 Å². The van der Waals surface area contributed by atoms with Crippen molar-refractivity contribution in [2.24, 2.45) is 11.8 Å². The third kappa shape index (κ3) is 3.96. The second kappa shape index (κ2) is 8.78. The van der Waals surface area contributed by atoms with Gasteiger partial charge in [-0.3, -0.25) is 9.48 Å². The minimum Gasteiger partial charge on any atom is -0.338 e. The molecule has 0 radical (unpaired) electrons. The van der Waals surface area contributed by atoms with Crippen LogP contribution in [0.1, 0.15) is 56.3 Å². The Morgan fingerprint density at radius 2 is 2.00 bits per heavy atom. The molecule has 1 aromatic carbocycles. The molecular weight excluding hydrogens is 428 g/mol. The maximum atomic E-state index is 12.8. The fraction of sp³-hybridized carbons (Fsp3) is 0.400. The van der Waals surface area contributed by atoms with E-state index in [0.717, 1.165) is 35.2 Å². The van der Waals surface area contributed by atoms with Crippen LogP contribution in [0, 0.1) is 30.1 Å². The van der Waals surface area contributed by atoms with E-state index in [1.54, 1.807) is 23.4 Å². The van der Waals surface area contributed by atoms with Crippen LogP contribution in [0.5, 0.6) is 0 Å². The Balaban J connectivity index is 1.52. The normalized spacial score (nSPS) is 15.4. The van der Waals surface area contributed by atoms with E-state index in [9.17, 15) is 10.1 Å². The lowest BCUT2D eigenvalue weighted by atomic mass is 9.93. The van der Waals surface area contributed by atoms with Crippen molar-refractivity contribution in [2.75, 3.05) is 5.32 Å². The van der Waals surface area contributed by atoms with Gasteiger partial charge in [0.25, 0.3) is 5.56 Å². The summed E-state index contributed by atoms with van der Waals surface area (Å²) >= 11 is 0. The number of H-pyrrole nitrogens is 1. The topological polar surface area (TPSA) is 117 Å². The van der Waals surface area contributed by atoms with E-state index in [0.29, 0.717) is 29.5 Å². The summed E-state index contributed by atoms with van der Waals surface area (Å²) in [6, 6.07) is 10.3. The third-order valence-electron chi connectivity index (χ3n) is 6.58. The Kier molecular flexibility index (Phi) is 5.65. The second-order valence-corrected chi connectivity index (χ2v) is 9.36. The lowest BCUT2D eigenvalue weighted by Crippen LogP contribution is -2.20. The number of nitriles is 1. The molecular formula is C25H28N8O. The van der Waals surface area contributed by atoms with E-state index < -0.39 is 0 Å². The van der Waals surface area contributed by atoms with Crippen LogP contribution in [-0.4, -0.2) is 29.8 Å². The molecule has 3 heterocycles. The number of benzene rings is 1. The number of aromatic nitrogens is 6. The largest absolute Gasteiger partial charge is 0.338 e. The van der Waals surface area contributed by atoms with Gasteiger partial charge in [-0.2, -0.15) is 25.4 Å². The predicted molar refractivity (Wildman–Crippen MR) is 130 cm³/mol. The molecule has 1 aliphatic rings. The molecule has 1 fully saturated rings. The molecule has 9 nitrogen and oxygen atoms in total. The van der Waals surface area contributed by atoms with Gasteiger partial charge in [-0.25, -0.2) is 0 Å². The Bertz CT molecular complexity index is 1410. The number of aryl methyl sites for hydroxylation is 1. The molecule has 1 unspecified atom stereocenters. The monoisotopic (exact) mass is 456 g/mol. The minimum absolute atomic E-state index is 0.0252. The number of hydrogen-bond donors (Lipinski definition) is 2. The molecule has 0 bridgehead atoms. The molecule has 174 valence electrons. The Hall–Kier alpha value is -3.93. The highest BCUT2D eigenvalue weighted by Gasteiger charge is 2.34. The highest BCUT2D eigenvalue weighted by atomic mass is 16.1. The summed E-state index contributed by atoms with van der Waals surface area (Å²) in [5.74, 6) is 1.24. The van der Waals surface area contributed by atoms with Crippen molar-refractivity contribution in [2.45, 2.75) is 52.1 Å². The summed E-state index contributed by atoms with van der Waals surface area (Å²) in [7, 11) is 0. The van der Waals surface area contributed by atoms with Crippen LogP contribution in [-0.2, 0) is 0 Å². The molecule has 1 saturated carbocycles. The average molecular weight is 457 g/mol. The van der Waals surface area contributed by atoms with Crippen LogP contribution in [0.25, 0.3) is 10.9 Å². The fourth-order valence-corrected chi connectivity index (χ4v) is 4.81. The summed E-state index contributed by atoms with van der Waals surface area (Å²) in [5.41, 5.74) is 3.63. The number of pyridine rings is 1. The van der Waals surface area contributed by atoms with E-state index in [2.05, 4.69) is 59.5 Å².